The molecule has 0 amide bonds. The van der Waals surface area contributed by atoms with Crippen LogP contribution in [-0.4, -0.2) is 35.6 Å². The van der Waals surface area contributed by atoms with Crippen molar-refractivity contribution in [3.05, 3.63) is 36.0 Å². The third-order valence-electron chi connectivity index (χ3n) is 4.84. The van der Waals surface area contributed by atoms with E-state index in [0.29, 0.717) is 12.0 Å². The lowest BCUT2D eigenvalue weighted by atomic mass is 10.0. The van der Waals surface area contributed by atoms with Crippen LogP contribution in [0, 0.1) is 0 Å². The smallest absolute Gasteiger partial charge is 0.0725 e. The Morgan fingerprint density at radius 1 is 1.08 bits per heavy atom. The van der Waals surface area contributed by atoms with Crippen molar-refractivity contribution in [2.24, 2.45) is 0 Å². The molecule has 1 aromatic heterocycles. The number of hydrogen-bond donors (Lipinski definition) is 1. The van der Waals surface area contributed by atoms with Crippen molar-refractivity contribution >= 4 is 16.6 Å². The summed E-state index contributed by atoms with van der Waals surface area (Å²) >= 11 is 0. The Bertz CT molecular complexity index is 632. The van der Waals surface area contributed by atoms with Crippen molar-refractivity contribution in [1.82, 2.24) is 9.88 Å². The summed E-state index contributed by atoms with van der Waals surface area (Å²) in [5.41, 5.74) is 3.63. The minimum atomic E-state index is 0.468. The first-order valence-electron chi connectivity index (χ1n) is 9.42. The SMILES string of the molecule is CCN(CC)CCCC(C)Nc1ccnc2cc(C(C)C)ccc12. The molecule has 0 fully saturated rings. The molecule has 1 aromatic carbocycles. The second-order valence-corrected chi connectivity index (χ2v) is 7.00. The fourth-order valence-corrected chi connectivity index (χ4v) is 3.15. The lowest BCUT2D eigenvalue weighted by Crippen LogP contribution is -2.25. The molecular weight excluding hydrogens is 294 g/mol. The van der Waals surface area contributed by atoms with Crippen LogP contribution in [0.3, 0.4) is 0 Å². The van der Waals surface area contributed by atoms with E-state index in [1.807, 2.05) is 6.20 Å². The predicted molar refractivity (Wildman–Crippen MR) is 106 cm³/mol. The van der Waals surface area contributed by atoms with Crippen LogP contribution in [0.4, 0.5) is 5.69 Å². The van der Waals surface area contributed by atoms with E-state index in [-0.39, 0.29) is 0 Å². The summed E-state index contributed by atoms with van der Waals surface area (Å²) in [6, 6.07) is 9.22. The molecule has 1 heterocycles. The molecule has 0 saturated heterocycles. The Kier molecular flexibility index (Phi) is 7.04. The van der Waals surface area contributed by atoms with Crippen molar-refractivity contribution in [3.8, 4) is 0 Å². The van der Waals surface area contributed by atoms with Gasteiger partial charge in [0.2, 0.25) is 0 Å². The molecule has 0 aliphatic carbocycles. The minimum Gasteiger partial charge on any atom is -0.382 e. The standard InChI is InChI=1S/C21H33N3/c1-6-24(7-2)14-8-9-17(5)23-20-12-13-22-21-15-18(16(3)4)10-11-19(20)21/h10-13,15-17H,6-9,14H2,1-5H3,(H,22,23). The normalized spacial score (nSPS) is 13.0. The van der Waals surface area contributed by atoms with Gasteiger partial charge in [0.15, 0.2) is 0 Å². The first-order valence-corrected chi connectivity index (χ1v) is 9.42. The summed E-state index contributed by atoms with van der Waals surface area (Å²) in [7, 11) is 0. The van der Waals surface area contributed by atoms with Gasteiger partial charge in [-0.2, -0.15) is 0 Å². The molecule has 1 unspecified atom stereocenters. The van der Waals surface area contributed by atoms with E-state index in [2.05, 4.69) is 74.1 Å². The van der Waals surface area contributed by atoms with Gasteiger partial charge in [0.1, 0.15) is 0 Å². The third kappa shape index (κ3) is 4.94. The molecule has 0 aliphatic rings. The highest BCUT2D eigenvalue weighted by Crippen LogP contribution is 2.26. The van der Waals surface area contributed by atoms with Gasteiger partial charge in [-0.1, -0.05) is 39.8 Å². The number of nitrogens with one attached hydrogen (secondary N) is 1. The number of pyridine rings is 1. The van der Waals surface area contributed by atoms with E-state index in [0.717, 1.165) is 18.6 Å². The van der Waals surface area contributed by atoms with Crippen LogP contribution in [-0.2, 0) is 0 Å². The number of aromatic nitrogens is 1. The topological polar surface area (TPSA) is 28.2 Å². The molecule has 0 radical (unpaired) electrons. The van der Waals surface area contributed by atoms with Gasteiger partial charge in [-0.05, 0) is 63.0 Å². The summed E-state index contributed by atoms with van der Waals surface area (Å²) < 4.78 is 0. The van der Waals surface area contributed by atoms with Gasteiger partial charge in [-0.25, -0.2) is 0 Å². The summed E-state index contributed by atoms with van der Waals surface area (Å²) in [5.74, 6) is 0.534. The summed E-state index contributed by atoms with van der Waals surface area (Å²) in [6.07, 6.45) is 4.33. The zero-order valence-electron chi connectivity index (χ0n) is 16.0. The molecule has 2 rings (SSSR count). The Balaban J connectivity index is 2.01. The molecule has 1 atom stereocenters. The maximum Gasteiger partial charge on any atom is 0.0725 e. The quantitative estimate of drug-likeness (QED) is 0.679. The van der Waals surface area contributed by atoms with Gasteiger partial charge in [-0.15, -0.1) is 0 Å². The minimum absolute atomic E-state index is 0.468. The van der Waals surface area contributed by atoms with Crippen LogP contribution in [0.1, 0.15) is 58.9 Å². The Morgan fingerprint density at radius 2 is 1.83 bits per heavy atom. The fraction of sp³-hybridized carbons (Fsp3) is 0.571. The van der Waals surface area contributed by atoms with Crippen LogP contribution < -0.4 is 5.32 Å². The van der Waals surface area contributed by atoms with E-state index >= 15 is 0 Å². The van der Waals surface area contributed by atoms with Gasteiger partial charge in [0.05, 0.1) is 5.52 Å². The van der Waals surface area contributed by atoms with E-state index in [9.17, 15) is 0 Å². The molecular formula is C21H33N3. The van der Waals surface area contributed by atoms with Crippen LogP contribution in [0.5, 0.6) is 0 Å². The van der Waals surface area contributed by atoms with Gasteiger partial charge in [0.25, 0.3) is 0 Å². The highest BCUT2D eigenvalue weighted by molar-refractivity contribution is 5.91. The van der Waals surface area contributed by atoms with Crippen LogP contribution in [0.15, 0.2) is 30.5 Å². The summed E-state index contributed by atoms with van der Waals surface area (Å²) in [4.78, 5) is 7.04. The molecule has 0 bridgehead atoms. The highest BCUT2D eigenvalue weighted by Gasteiger charge is 2.08. The van der Waals surface area contributed by atoms with Gasteiger partial charge < -0.3 is 10.2 Å². The molecule has 3 heteroatoms. The van der Waals surface area contributed by atoms with Crippen LogP contribution >= 0.6 is 0 Å². The molecule has 2 aromatic rings. The Hall–Kier alpha value is -1.61. The number of rotatable bonds is 9. The van der Waals surface area contributed by atoms with E-state index < -0.39 is 0 Å². The van der Waals surface area contributed by atoms with E-state index in [4.69, 9.17) is 0 Å². The Labute approximate surface area is 147 Å². The number of nitrogens with zero attached hydrogens (tertiary/aromatic N) is 2. The van der Waals surface area contributed by atoms with Crippen molar-refractivity contribution in [3.63, 3.8) is 0 Å². The monoisotopic (exact) mass is 327 g/mol. The Morgan fingerprint density at radius 3 is 2.50 bits per heavy atom. The molecule has 3 nitrogen and oxygen atoms in total. The largest absolute Gasteiger partial charge is 0.382 e. The van der Waals surface area contributed by atoms with Crippen molar-refractivity contribution in [2.75, 3.05) is 25.0 Å². The number of fused-ring (bicyclic) bond motifs is 1. The maximum absolute atomic E-state index is 4.55. The first-order chi connectivity index (χ1) is 11.5. The summed E-state index contributed by atoms with van der Waals surface area (Å²) in [6.45, 7) is 14.7. The van der Waals surface area contributed by atoms with Crippen LogP contribution in [0.2, 0.25) is 0 Å². The summed E-state index contributed by atoms with van der Waals surface area (Å²) in [5, 5.41) is 4.90. The number of anilines is 1. The lowest BCUT2D eigenvalue weighted by molar-refractivity contribution is 0.295. The third-order valence-corrected chi connectivity index (χ3v) is 4.84. The highest BCUT2D eigenvalue weighted by atomic mass is 15.1. The number of hydrogen-bond acceptors (Lipinski definition) is 3. The van der Waals surface area contributed by atoms with Crippen molar-refractivity contribution < 1.29 is 0 Å². The molecule has 24 heavy (non-hydrogen) atoms. The van der Waals surface area contributed by atoms with Crippen LogP contribution in [0.25, 0.3) is 10.9 Å². The average molecular weight is 328 g/mol. The molecule has 0 spiro atoms. The van der Waals surface area contributed by atoms with Crippen molar-refractivity contribution in [2.45, 2.75) is 59.4 Å². The van der Waals surface area contributed by atoms with E-state index in [1.165, 1.54) is 36.0 Å². The molecule has 132 valence electrons. The molecule has 1 N–H and O–H groups in total. The first kappa shape index (κ1) is 18.7. The zero-order chi connectivity index (χ0) is 17.5. The van der Waals surface area contributed by atoms with E-state index in [1.54, 1.807) is 0 Å². The number of benzene rings is 1. The van der Waals surface area contributed by atoms with Crippen molar-refractivity contribution in [1.29, 1.82) is 0 Å². The predicted octanol–water partition coefficient (Wildman–Crippen LogP) is 5.28. The van der Waals surface area contributed by atoms with Gasteiger partial charge >= 0.3 is 0 Å². The fourth-order valence-electron chi connectivity index (χ4n) is 3.15. The molecule has 0 saturated carbocycles. The average Bonchev–Trinajstić information content (AvgIpc) is 2.58. The molecule has 0 aliphatic heterocycles. The maximum atomic E-state index is 4.55. The lowest BCUT2D eigenvalue weighted by Gasteiger charge is -2.21. The van der Waals surface area contributed by atoms with Gasteiger partial charge in [0, 0.05) is 23.3 Å². The second kappa shape index (κ2) is 9.03. The zero-order valence-corrected chi connectivity index (χ0v) is 16.0. The van der Waals surface area contributed by atoms with Gasteiger partial charge in [-0.3, -0.25) is 4.98 Å². The second-order valence-electron chi connectivity index (χ2n) is 7.00.